The quantitative estimate of drug-likeness (QED) is 0.469. The summed E-state index contributed by atoms with van der Waals surface area (Å²) in [5, 5.41) is 0. The van der Waals surface area contributed by atoms with Crippen molar-refractivity contribution < 1.29 is 0 Å². The molecular weight excluding hydrogens is 92.1 g/mol. The van der Waals surface area contributed by atoms with Gasteiger partial charge in [0, 0.05) is 0 Å². The molecule has 6 N–H and O–H groups in total. The highest BCUT2D eigenvalue weighted by Crippen LogP contribution is 0.649. The highest BCUT2D eigenvalue weighted by atomic mass is 32.1. The summed E-state index contributed by atoms with van der Waals surface area (Å²) in [4.78, 5) is 0. The van der Waals surface area contributed by atoms with Gasteiger partial charge in [0.1, 0.15) is 0 Å². The van der Waals surface area contributed by atoms with Crippen molar-refractivity contribution in [3.8, 4) is 0 Å². The molecule has 0 saturated carbocycles. The van der Waals surface area contributed by atoms with E-state index in [1.54, 1.807) is 0 Å². The van der Waals surface area contributed by atoms with Crippen LogP contribution in [0.15, 0.2) is 0 Å². The SMILES string of the molecule is N.N.S.S. The van der Waals surface area contributed by atoms with E-state index in [4.69, 9.17) is 0 Å². The zero-order chi connectivity index (χ0) is 0. The van der Waals surface area contributed by atoms with Crippen molar-refractivity contribution in [1.29, 1.82) is 0 Å². The van der Waals surface area contributed by atoms with Crippen molar-refractivity contribution in [3.63, 3.8) is 0 Å². The summed E-state index contributed by atoms with van der Waals surface area (Å²) < 4.78 is 0. The molecule has 0 heterocycles. The van der Waals surface area contributed by atoms with E-state index in [0.717, 1.165) is 0 Å². The normalized spacial score (nSPS) is 0. The van der Waals surface area contributed by atoms with Crippen LogP contribution < -0.4 is 12.3 Å². The second-order valence-electron chi connectivity index (χ2n) is 0. The molecule has 32 valence electrons. The summed E-state index contributed by atoms with van der Waals surface area (Å²) in [5.74, 6) is 0. The Kier molecular flexibility index (Phi) is 2550. The van der Waals surface area contributed by atoms with Crippen LogP contribution in [0.3, 0.4) is 0 Å². The maximum absolute atomic E-state index is 0. The predicted octanol–water partition coefficient (Wildman–Crippen LogP) is 0.550. The minimum atomic E-state index is 0. The van der Waals surface area contributed by atoms with Gasteiger partial charge in [-0.25, -0.2) is 0 Å². The van der Waals surface area contributed by atoms with Gasteiger partial charge in [0.25, 0.3) is 0 Å². The fraction of sp³-hybridized carbons (Fsp3) is 0. The molecule has 0 amide bonds. The summed E-state index contributed by atoms with van der Waals surface area (Å²) in [6.45, 7) is 0. The number of hydrogen-bond acceptors (Lipinski definition) is 2. The Bertz CT molecular complexity index is 4.00. The van der Waals surface area contributed by atoms with E-state index < -0.39 is 0 Å². The Morgan fingerprint density at radius 2 is 0.500 bits per heavy atom. The smallest absolute Gasteiger partial charge is 0.197 e. The monoisotopic (exact) mass is 102 g/mol. The average Bonchev–Trinajstić information content (AvgIpc) is 0. The van der Waals surface area contributed by atoms with E-state index in [-0.39, 0.29) is 39.3 Å². The Morgan fingerprint density at radius 1 is 0.500 bits per heavy atom. The molecule has 0 fully saturated rings. The molecule has 0 aliphatic rings. The van der Waals surface area contributed by atoms with Gasteiger partial charge >= 0.3 is 0 Å². The highest BCUT2D eigenvalue weighted by molar-refractivity contribution is 7.59. The Labute approximate surface area is 40.0 Å². The highest BCUT2D eigenvalue weighted by Gasteiger charge is -0.196. The molecule has 0 aromatic rings. The van der Waals surface area contributed by atoms with Gasteiger partial charge in [0.05, 0.1) is 0 Å². The maximum atomic E-state index is 0. The van der Waals surface area contributed by atoms with Gasteiger partial charge in [-0.05, 0) is 0 Å². The molecule has 0 aliphatic carbocycles. The third-order valence-electron chi connectivity index (χ3n) is 0. The minimum absolute atomic E-state index is 0. The van der Waals surface area contributed by atoms with Crippen molar-refractivity contribution in [1.82, 2.24) is 12.3 Å². The molecule has 0 spiro atoms. The lowest BCUT2D eigenvalue weighted by Crippen LogP contribution is -0.482. The van der Waals surface area contributed by atoms with E-state index in [0.29, 0.717) is 0 Å². The largest absolute Gasteiger partial charge is 0.344 e. The number of hydrogen-bond donors (Lipinski definition) is 2. The molecule has 2 nitrogen and oxygen atoms in total. The molecule has 0 unspecified atom stereocenters. The molecule has 0 bridgehead atoms. The van der Waals surface area contributed by atoms with Crippen LogP contribution >= 0.6 is 27.0 Å². The van der Waals surface area contributed by atoms with Crippen molar-refractivity contribution in [2.45, 2.75) is 0 Å². The van der Waals surface area contributed by atoms with Crippen LogP contribution in [0.5, 0.6) is 0 Å². The van der Waals surface area contributed by atoms with Crippen LogP contribution in [0, 0.1) is 0 Å². The van der Waals surface area contributed by atoms with Gasteiger partial charge in [0.2, 0.25) is 0 Å². The van der Waals surface area contributed by atoms with Crippen molar-refractivity contribution in [2.75, 3.05) is 0 Å². The average molecular weight is 102 g/mol. The Morgan fingerprint density at radius 3 is 0.500 bits per heavy atom. The van der Waals surface area contributed by atoms with E-state index in [2.05, 4.69) is 0 Å². The molecule has 0 rings (SSSR count). The number of rotatable bonds is 0. The van der Waals surface area contributed by atoms with Gasteiger partial charge in [-0.1, -0.05) is 0 Å². The van der Waals surface area contributed by atoms with Gasteiger partial charge < -0.3 is 12.3 Å². The van der Waals surface area contributed by atoms with Crippen LogP contribution in [-0.4, -0.2) is 0 Å². The van der Waals surface area contributed by atoms with Gasteiger partial charge in [-0.3, -0.25) is 0 Å². The van der Waals surface area contributed by atoms with E-state index in [1.807, 2.05) is 0 Å². The molecule has 4 heteroatoms. The first-order valence-electron chi connectivity index (χ1n) is 0. The van der Waals surface area contributed by atoms with Crippen LogP contribution in [0.4, 0.5) is 0 Å². The van der Waals surface area contributed by atoms with Crippen LogP contribution in [0.25, 0.3) is 0 Å². The van der Waals surface area contributed by atoms with Gasteiger partial charge in [-0.15, -0.1) is 0 Å². The van der Waals surface area contributed by atoms with Gasteiger partial charge in [-0.2, -0.15) is 27.0 Å². The Hall–Kier alpha value is 0.620. The predicted molar refractivity (Wildman–Crippen MR) is 30.8 cm³/mol. The maximum Gasteiger partial charge on any atom is -0.197 e. The second-order valence-corrected chi connectivity index (χ2v) is 0. The van der Waals surface area contributed by atoms with Crippen molar-refractivity contribution in [2.24, 2.45) is 0 Å². The first kappa shape index (κ1) is 157. The molecule has 0 aliphatic heterocycles. The van der Waals surface area contributed by atoms with Crippen LogP contribution in [-0.2, 0) is 0 Å². The summed E-state index contributed by atoms with van der Waals surface area (Å²) in [7, 11) is 0. The molecule has 0 saturated heterocycles. The summed E-state index contributed by atoms with van der Waals surface area (Å²) in [5.41, 5.74) is 0. The lowest BCUT2D eigenvalue weighted by Gasteiger charge is -0.345. The summed E-state index contributed by atoms with van der Waals surface area (Å²) >= 11 is 0. The first-order valence-corrected chi connectivity index (χ1v) is 0. The fourth-order valence-corrected chi connectivity index (χ4v) is 0. The molecule has 0 aromatic carbocycles. The standard InChI is InChI=1S/2H3N.2H2S/h2*1H3;2*1H2. The van der Waals surface area contributed by atoms with E-state index in [1.165, 1.54) is 0 Å². The molecule has 0 atom stereocenters. The minimum Gasteiger partial charge on any atom is -0.344 e. The third kappa shape index (κ3) is 17.9. The van der Waals surface area contributed by atoms with Crippen LogP contribution in [0.2, 0.25) is 0 Å². The first-order chi connectivity index (χ1) is 0. The molecule has 0 aromatic heterocycles. The lowest BCUT2D eigenvalue weighted by atomic mass is 14.0. The van der Waals surface area contributed by atoms with Gasteiger partial charge in [0.15, 0.2) is 0 Å². The topological polar surface area (TPSA) is 70.0 Å². The molecular formula is H10N2S2. The fourth-order valence-electron chi connectivity index (χ4n) is 0. The lowest BCUT2D eigenvalue weighted by molar-refractivity contribution is 2.13. The van der Waals surface area contributed by atoms with Crippen molar-refractivity contribution >= 4 is 27.0 Å². The summed E-state index contributed by atoms with van der Waals surface area (Å²) in [6.07, 6.45) is 0. The Balaban J connectivity index is 0. The molecule has 4 heavy (non-hydrogen) atoms. The van der Waals surface area contributed by atoms with Crippen LogP contribution in [0.1, 0.15) is 0 Å². The van der Waals surface area contributed by atoms with Crippen molar-refractivity contribution in [3.05, 3.63) is 0 Å². The zero-order valence-electron chi connectivity index (χ0n) is 2.41. The van der Waals surface area contributed by atoms with E-state index in [9.17, 15) is 0 Å². The third-order valence-corrected chi connectivity index (χ3v) is 0. The summed E-state index contributed by atoms with van der Waals surface area (Å²) in [6, 6.07) is 0. The zero-order valence-corrected chi connectivity index (χ0v) is 4.41. The molecule has 0 radical (unpaired) electrons. The second kappa shape index (κ2) is 64.6. The van der Waals surface area contributed by atoms with E-state index >= 15 is 0 Å².